The van der Waals surface area contributed by atoms with E-state index in [0.717, 1.165) is 28.3 Å². The summed E-state index contributed by atoms with van der Waals surface area (Å²) in [4.78, 5) is 46.1. The zero-order valence-electron chi connectivity index (χ0n) is 19.5. The number of hydrogen-bond acceptors (Lipinski definition) is 7. The van der Waals surface area contributed by atoms with Crippen molar-refractivity contribution in [1.82, 2.24) is 14.3 Å². The van der Waals surface area contributed by atoms with Crippen LogP contribution in [0.3, 0.4) is 0 Å². The van der Waals surface area contributed by atoms with Crippen molar-refractivity contribution >= 4 is 50.4 Å². The van der Waals surface area contributed by atoms with Crippen molar-refractivity contribution in [1.29, 1.82) is 0 Å². The zero-order valence-corrected chi connectivity index (χ0v) is 21.1. The average molecular weight is 497 g/mol. The molecule has 0 spiro atoms. The van der Waals surface area contributed by atoms with Gasteiger partial charge in [0.25, 0.3) is 11.8 Å². The Bertz CT molecular complexity index is 1400. The van der Waals surface area contributed by atoms with Crippen molar-refractivity contribution in [3.8, 4) is 11.3 Å². The van der Waals surface area contributed by atoms with Crippen LogP contribution in [0.1, 0.15) is 47.9 Å². The fourth-order valence-corrected chi connectivity index (χ4v) is 5.74. The lowest BCUT2D eigenvalue weighted by atomic mass is 10.1. The maximum absolute atomic E-state index is 13.2. The summed E-state index contributed by atoms with van der Waals surface area (Å²) >= 11 is 2.34. The van der Waals surface area contributed by atoms with Gasteiger partial charge in [-0.1, -0.05) is 41.7 Å². The second-order valence-corrected chi connectivity index (χ2v) is 9.79. The molecule has 0 aliphatic rings. The normalized spacial score (nSPS) is 11.0. The number of thiophene rings is 1. The van der Waals surface area contributed by atoms with E-state index in [9.17, 15) is 14.4 Å². The molecule has 4 rings (SSSR count). The van der Waals surface area contributed by atoms with E-state index in [2.05, 4.69) is 10.3 Å². The summed E-state index contributed by atoms with van der Waals surface area (Å²) in [6.07, 6.45) is 1.90. The van der Waals surface area contributed by atoms with E-state index in [1.807, 2.05) is 47.9 Å². The lowest BCUT2D eigenvalue weighted by molar-refractivity contribution is 0.0527. The van der Waals surface area contributed by atoms with E-state index >= 15 is 0 Å². The molecule has 34 heavy (non-hydrogen) atoms. The van der Waals surface area contributed by atoms with Crippen LogP contribution in [0.5, 0.6) is 0 Å². The Morgan fingerprint density at radius 3 is 2.41 bits per heavy atom. The molecular weight excluding hydrogens is 472 g/mol. The molecule has 1 aromatic carbocycles. The quantitative estimate of drug-likeness (QED) is 0.385. The minimum Gasteiger partial charge on any atom is -0.462 e. The molecule has 3 heterocycles. The smallest absolute Gasteiger partial charge is 0.341 e. The SMILES string of the molecule is CCOC(=O)c1c(NC(=O)c2sc3nc(-c4ccccc4)cn3c2C)sc(C(=O)N(C)C)c1C. The number of amides is 2. The summed E-state index contributed by atoms with van der Waals surface area (Å²) in [5.74, 6) is -1.19. The van der Waals surface area contributed by atoms with Crippen LogP contribution in [0.4, 0.5) is 5.00 Å². The maximum atomic E-state index is 13.2. The molecule has 0 aliphatic carbocycles. The highest BCUT2D eigenvalue weighted by molar-refractivity contribution is 7.20. The van der Waals surface area contributed by atoms with Crippen molar-refractivity contribution in [2.75, 3.05) is 26.0 Å². The topological polar surface area (TPSA) is 93.0 Å². The van der Waals surface area contributed by atoms with Crippen molar-refractivity contribution in [3.05, 3.63) is 63.1 Å². The molecule has 0 fully saturated rings. The van der Waals surface area contributed by atoms with E-state index in [1.54, 1.807) is 27.9 Å². The Morgan fingerprint density at radius 1 is 1.09 bits per heavy atom. The second-order valence-electron chi connectivity index (χ2n) is 7.80. The fraction of sp³-hybridized carbons (Fsp3) is 0.250. The van der Waals surface area contributed by atoms with E-state index in [-0.39, 0.29) is 24.0 Å². The third kappa shape index (κ3) is 4.22. The van der Waals surface area contributed by atoms with Gasteiger partial charge in [0.05, 0.1) is 22.7 Å². The number of esters is 1. The van der Waals surface area contributed by atoms with Crippen molar-refractivity contribution < 1.29 is 19.1 Å². The minimum atomic E-state index is -0.574. The van der Waals surface area contributed by atoms with E-state index in [0.29, 0.717) is 25.3 Å². The molecule has 8 nitrogen and oxygen atoms in total. The summed E-state index contributed by atoms with van der Waals surface area (Å²) in [5.41, 5.74) is 3.25. The highest BCUT2D eigenvalue weighted by atomic mass is 32.1. The molecule has 3 aromatic heterocycles. The number of fused-ring (bicyclic) bond motifs is 1. The summed E-state index contributed by atoms with van der Waals surface area (Å²) in [6.45, 7) is 5.42. The monoisotopic (exact) mass is 496 g/mol. The van der Waals surface area contributed by atoms with Gasteiger partial charge in [-0.3, -0.25) is 14.0 Å². The number of benzene rings is 1. The zero-order chi connectivity index (χ0) is 24.6. The molecule has 0 unspecified atom stereocenters. The summed E-state index contributed by atoms with van der Waals surface area (Å²) in [7, 11) is 3.27. The predicted molar refractivity (Wildman–Crippen MR) is 134 cm³/mol. The number of aryl methyl sites for hydroxylation is 1. The summed E-state index contributed by atoms with van der Waals surface area (Å²) in [6, 6.07) is 9.82. The van der Waals surface area contributed by atoms with Crippen LogP contribution in [0.2, 0.25) is 0 Å². The number of imidazole rings is 1. The van der Waals surface area contributed by atoms with E-state index < -0.39 is 5.97 Å². The number of ether oxygens (including phenoxy) is 1. The number of nitrogens with zero attached hydrogens (tertiary/aromatic N) is 3. The number of thiazole rings is 1. The molecule has 0 saturated heterocycles. The first kappa shape index (κ1) is 23.7. The minimum absolute atomic E-state index is 0.184. The van der Waals surface area contributed by atoms with Crippen LogP contribution in [-0.2, 0) is 4.74 Å². The van der Waals surface area contributed by atoms with Crippen LogP contribution in [0, 0.1) is 13.8 Å². The van der Waals surface area contributed by atoms with Crippen molar-refractivity contribution in [2.24, 2.45) is 0 Å². The molecular formula is C24H24N4O4S2. The second kappa shape index (κ2) is 9.40. The van der Waals surface area contributed by atoms with Gasteiger partial charge >= 0.3 is 5.97 Å². The average Bonchev–Trinajstić information content (AvgIpc) is 3.46. The highest BCUT2D eigenvalue weighted by Crippen LogP contribution is 2.35. The Hall–Kier alpha value is -3.50. The number of rotatable bonds is 6. The first-order valence-corrected chi connectivity index (χ1v) is 12.2. The van der Waals surface area contributed by atoms with Crippen molar-refractivity contribution in [3.63, 3.8) is 0 Å². The molecule has 0 atom stereocenters. The number of nitrogens with one attached hydrogen (secondary N) is 1. The number of carbonyl (C=O) groups excluding carboxylic acids is 3. The van der Waals surface area contributed by atoms with Gasteiger partial charge in [0.15, 0.2) is 4.96 Å². The third-order valence-corrected chi connectivity index (χ3v) is 7.64. The molecule has 0 bridgehead atoms. The Morgan fingerprint density at radius 2 is 1.79 bits per heavy atom. The Kier molecular flexibility index (Phi) is 6.54. The molecule has 10 heteroatoms. The Balaban J connectivity index is 1.68. The first-order valence-electron chi connectivity index (χ1n) is 10.6. The van der Waals surface area contributed by atoms with Crippen LogP contribution < -0.4 is 5.32 Å². The maximum Gasteiger partial charge on any atom is 0.341 e. The van der Waals surface area contributed by atoms with E-state index in [4.69, 9.17) is 4.74 Å². The third-order valence-electron chi connectivity index (χ3n) is 5.29. The molecule has 4 aromatic rings. The first-order chi connectivity index (χ1) is 16.2. The molecule has 176 valence electrons. The van der Waals surface area contributed by atoms with Gasteiger partial charge in [-0.2, -0.15) is 0 Å². The number of anilines is 1. The molecule has 2 amide bonds. The summed E-state index contributed by atoms with van der Waals surface area (Å²) in [5, 5.41) is 3.13. The number of carbonyl (C=O) groups is 3. The van der Waals surface area contributed by atoms with Gasteiger partial charge in [0.1, 0.15) is 9.88 Å². The van der Waals surface area contributed by atoms with E-state index in [1.165, 1.54) is 16.2 Å². The van der Waals surface area contributed by atoms with Gasteiger partial charge in [0.2, 0.25) is 0 Å². The van der Waals surface area contributed by atoms with Gasteiger partial charge in [-0.05, 0) is 26.3 Å². The van der Waals surface area contributed by atoms with Gasteiger partial charge < -0.3 is 15.0 Å². The lowest BCUT2D eigenvalue weighted by Gasteiger charge is -2.09. The van der Waals surface area contributed by atoms with Gasteiger partial charge in [-0.25, -0.2) is 9.78 Å². The number of aromatic nitrogens is 2. The lowest BCUT2D eigenvalue weighted by Crippen LogP contribution is -2.21. The van der Waals surface area contributed by atoms with Crippen LogP contribution >= 0.6 is 22.7 Å². The van der Waals surface area contributed by atoms with Crippen LogP contribution in [0.15, 0.2) is 36.5 Å². The largest absolute Gasteiger partial charge is 0.462 e. The summed E-state index contributed by atoms with van der Waals surface area (Å²) < 4.78 is 7.07. The van der Waals surface area contributed by atoms with Gasteiger partial charge in [0, 0.05) is 31.5 Å². The molecule has 1 N–H and O–H groups in total. The van der Waals surface area contributed by atoms with Gasteiger partial charge in [-0.15, -0.1) is 11.3 Å². The number of hydrogen-bond donors (Lipinski definition) is 1. The van der Waals surface area contributed by atoms with Crippen LogP contribution in [0.25, 0.3) is 16.2 Å². The molecule has 0 saturated carbocycles. The fourth-order valence-electron chi connectivity index (χ4n) is 3.53. The molecule has 0 aliphatic heterocycles. The highest BCUT2D eigenvalue weighted by Gasteiger charge is 2.28. The molecule has 0 radical (unpaired) electrons. The van der Waals surface area contributed by atoms with Crippen molar-refractivity contribution in [2.45, 2.75) is 20.8 Å². The standard InChI is InChI=1S/C24H24N4O4S2/c1-6-32-23(31)17-13(2)18(22(30)27(4)5)33-21(17)26-20(29)19-14(3)28-12-16(25-24(28)34-19)15-10-8-7-9-11-15/h7-12H,6H2,1-5H3,(H,26,29). The Labute approximate surface area is 204 Å². The predicted octanol–water partition coefficient (Wildman–Crippen LogP) is 4.87. The van der Waals surface area contributed by atoms with Crippen LogP contribution in [-0.4, -0.2) is 52.8 Å².